The van der Waals surface area contributed by atoms with Gasteiger partial charge in [-0.25, -0.2) is 4.39 Å². The van der Waals surface area contributed by atoms with Crippen molar-refractivity contribution in [1.29, 1.82) is 0 Å². The molecule has 22 heavy (non-hydrogen) atoms. The van der Waals surface area contributed by atoms with E-state index in [1.165, 1.54) is 6.07 Å². The van der Waals surface area contributed by atoms with E-state index in [1.807, 2.05) is 30.3 Å². The molecule has 2 rings (SSSR count). The SMILES string of the molecule is CCOC(=O)CCc1ccc(C#Cc2ccccc2)c(F)c1. The smallest absolute Gasteiger partial charge is 0.306 e. The van der Waals surface area contributed by atoms with Crippen LogP contribution in [0.3, 0.4) is 0 Å². The molecule has 0 saturated heterocycles. The molecule has 0 bridgehead atoms. The normalized spacial score (nSPS) is 9.73. The predicted molar refractivity (Wildman–Crippen MR) is 83.8 cm³/mol. The lowest BCUT2D eigenvalue weighted by Crippen LogP contribution is -2.05. The van der Waals surface area contributed by atoms with Gasteiger partial charge in [0, 0.05) is 12.0 Å². The largest absolute Gasteiger partial charge is 0.466 e. The van der Waals surface area contributed by atoms with Crippen LogP contribution in [0.4, 0.5) is 4.39 Å². The summed E-state index contributed by atoms with van der Waals surface area (Å²) in [7, 11) is 0. The number of hydrogen-bond acceptors (Lipinski definition) is 2. The Labute approximate surface area is 129 Å². The van der Waals surface area contributed by atoms with E-state index in [4.69, 9.17) is 4.74 Å². The number of carbonyl (C=O) groups is 1. The van der Waals surface area contributed by atoms with Crippen molar-refractivity contribution in [2.24, 2.45) is 0 Å². The number of esters is 1. The Morgan fingerprint density at radius 1 is 1.14 bits per heavy atom. The summed E-state index contributed by atoms with van der Waals surface area (Å²) in [4.78, 5) is 11.3. The second-order valence-corrected chi connectivity index (χ2v) is 4.74. The van der Waals surface area contributed by atoms with Gasteiger partial charge in [0.05, 0.1) is 12.2 Å². The third-order valence-electron chi connectivity index (χ3n) is 3.07. The molecule has 2 aromatic rings. The van der Waals surface area contributed by atoms with Crippen molar-refractivity contribution in [3.8, 4) is 11.8 Å². The fraction of sp³-hybridized carbons (Fsp3) is 0.211. The number of aryl methyl sites for hydroxylation is 1. The number of benzene rings is 2. The maximum absolute atomic E-state index is 14.0. The standard InChI is InChI=1S/C19H17FO2/c1-2-22-19(21)13-10-16-9-12-17(18(20)14-16)11-8-15-6-4-3-5-7-15/h3-7,9,12,14H,2,10,13H2,1H3. The average Bonchev–Trinajstić information content (AvgIpc) is 2.53. The molecule has 0 saturated carbocycles. The zero-order valence-corrected chi connectivity index (χ0v) is 12.4. The first-order chi connectivity index (χ1) is 10.7. The number of halogens is 1. The van der Waals surface area contributed by atoms with Gasteiger partial charge in [0.2, 0.25) is 0 Å². The predicted octanol–water partition coefficient (Wildman–Crippen LogP) is 3.72. The van der Waals surface area contributed by atoms with Crippen molar-refractivity contribution in [3.05, 3.63) is 71.0 Å². The molecule has 0 aliphatic carbocycles. The average molecular weight is 296 g/mol. The monoisotopic (exact) mass is 296 g/mol. The first kappa shape index (κ1) is 15.8. The molecule has 0 atom stereocenters. The van der Waals surface area contributed by atoms with E-state index in [0.717, 1.165) is 11.1 Å². The van der Waals surface area contributed by atoms with Crippen molar-refractivity contribution in [2.75, 3.05) is 6.61 Å². The molecule has 0 aromatic heterocycles. The summed E-state index contributed by atoms with van der Waals surface area (Å²) in [5.41, 5.74) is 1.95. The second-order valence-electron chi connectivity index (χ2n) is 4.74. The number of hydrogen-bond donors (Lipinski definition) is 0. The summed E-state index contributed by atoms with van der Waals surface area (Å²) in [5.74, 6) is 5.11. The van der Waals surface area contributed by atoms with Gasteiger partial charge in [-0.15, -0.1) is 0 Å². The zero-order chi connectivity index (χ0) is 15.8. The van der Waals surface area contributed by atoms with Crippen LogP contribution in [0.5, 0.6) is 0 Å². The summed E-state index contributed by atoms with van der Waals surface area (Å²) < 4.78 is 18.9. The van der Waals surface area contributed by atoms with Crippen LogP contribution >= 0.6 is 0 Å². The Bertz CT molecular complexity index is 696. The summed E-state index contributed by atoms with van der Waals surface area (Å²) >= 11 is 0. The van der Waals surface area contributed by atoms with E-state index in [1.54, 1.807) is 19.1 Å². The van der Waals surface area contributed by atoms with Gasteiger partial charge in [-0.3, -0.25) is 4.79 Å². The van der Waals surface area contributed by atoms with Crippen molar-refractivity contribution < 1.29 is 13.9 Å². The lowest BCUT2D eigenvalue weighted by molar-refractivity contribution is -0.143. The van der Waals surface area contributed by atoms with Crippen LogP contribution in [0, 0.1) is 17.7 Å². The van der Waals surface area contributed by atoms with Gasteiger partial charge in [-0.2, -0.15) is 0 Å². The minimum absolute atomic E-state index is 0.252. The first-order valence-electron chi connectivity index (χ1n) is 7.20. The molecule has 2 nitrogen and oxygen atoms in total. The first-order valence-corrected chi connectivity index (χ1v) is 7.20. The summed E-state index contributed by atoms with van der Waals surface area (Å²) in [6, 6.07) is 14.3. The number of carbonyl (C=O) groups excluding carboxylic acids is 1. The van der Waals surface area contributed by atoms with Crippen LogP contribution in [0.25, 0.3) is 0 Å². The lowest BCUT2D eigenvalue weighted by atomic mass is 10.1. The maximum Gasteiger partial charge on any atom is 0.306 e. The summed E-state index contributed by atoms with van der Waals surface area (Å²) in [5, 5.41) is 0. The molecule has 0 spiro atoms. The van der Waals surface area contributed by atoms with E-state index < -0.39 is 0 Å². The molecule has 0 radical (unpaired) electrons. The lowest BCUT2D eigenvalue weighted by Gasteiger charge is -2.03. The highest BCUT2D eigenvalue weighted by molar-refractivity contribution is 5.69. The Morgan fingerprint density at radius 3 is 2.59 bits per heavy atom. The minimum Gasteiger partial charge on any atom is -0.466 e. The Kier molecular flexibility index (Phi) is 5.73. The molecule has 3 heteroatoms. The van der Waals surface area contributed by atoms with Crippen molar-refractivity contribution in [1.82, 2.24) is 0 Å². The molecule has 0 heterocycles. The quantitative estimate of drug-likeness (QED) is 0.635. The highest BCUT2D eigenvalue weighted by Gasteiger charge is 2.05. The molecular weight excluding hydrogens is 279 g/mol. The second kappa shape index (κ2) is 7.99. The Balaban J connectivity index is 2.04. The molecular formula is C19H17FO2. The van der Waals surface area contributed by atoms with E-state index in [-0.39, 0.29) is 18.2 Å². The highest BCUT2D eigenvalue weighted by Crippen LogP contribution is 2.12. The van der Waals surface area contributed by atoms with Gasteiger partial charge in [0.25, 0.3) is 0 Å². The minimum atomic E-state index is -0.371. The van der Waals surface area contributed by atoms with Gasteiger partial charge in [-0.1, -0.05) is 36.1 Å². The number of ether oxygens (including phenoxy) is 1. The third-order valence-corrected chi connectivity index (χ3v) is 3.07. The van der Waals surface area contributed by atoms with E-state index >= 15 is 0 Å². The van der Waals surface area contributed by atoms with E-state index in [0.29, 0.717) is 18.6 Å². The van der Waals surface area contributed by atoms with Gasteiger partial charge >= 0.3 is 5.97 Å². The molecule has 0 aliphatic heterocycles. The zero-order valence-electron chi connectivity index (χ0n) is 12.4. The summed E-state index contributed by atoms with van der Waals surface area (Å²) in [6.45, 7) is 2.12. The maximum atomic E-state index is 14.0. The van der Waals surface area contributed by atoms with Crippen molar-refractivity contribution >= 4 is 5.97 Å². The third kappa shape index (κ3) is 4.75. The van der Waals surface area contributed by atoms with Gasteiger partial charge < -0.3 is 4.74 Å². The summed E-state index contributed by atoms with van der Waals surface area (Å²) in [6.07, 6.45) is 0.713. The molecule has 2 aromatic carbocycles. The van der Waals surface area contributed by atoms with Crippen LogP contribution in [-0.2, 0) is 16.0 Å². The Hall–Kier alpha value is -2.60. The number of rotatable bonds is 4. The van der Waals surface area contributed by atoms with E-state index in [2.05, 4.69) is 11.8 Å². The molecule has 0 fully saturated rings. The van der Waals surface area contributed by atoms with E-state index in [9.17, 15) is 9.18 Å². The molecule has 112 valence electrons. The van der Waals surface area contributed by atoms with Crippen LogP contribution in [0.15, 0.2) is 48.5 Å². The molecule has 0 aliphatic rings. The molecule has 0 amide bonds. The van der Waals surface area contributed by atoms with Crippen LogP contribution in [0.1, 0.15) is 30.0 Å². The van der Waals surface area contributed by atoms with Crippen molar-refractivity contribution in [2.45, 2.75) is 19.8 Å². The van der Waals surface area contributed by atoms with Gasteiger partial charge in [0.1, 0.15) is 5.82 Å². The fourth-order valence-electron chi connectivity index (χ4n) is 1.96. The van der Waals surface area contributed by atoms with Crippen molar-refractivity contribution in [3.63, 3.8) is 0 Å². The molecule has 0 N–H and O–H groups in total. The van der Waals surface area contributed by atoms with Crippen LogP contribution in [0.2, 0.25) is 0 Å². The van der Waals surface area contributed by atoms with Gasteiger partial charge in [-0.05, 0) is 43.2 Å². The molecule has 0 unspecified atom stereocenters. The Morgan fingerprint density at radius 2 is 1.91 bits per heavy atom. The van der Waals surface area contributed by atoms with Gasteiger partial charge in [0.15, 0.2) is 0 Å². The topological polar surface area (TPSA) is 26.3 Å². The van der Waals surface area contributed by atoms with Crippen LogP contribution < -0.4 is 0 Å². The highest BCUT2D eigenvalue weighted by atomic mass is 19.1. The van der Waals surface area contributed by atoms with Crippen LogP contribution in [-0.4, -0.2) is 12.6 Å². The fourth-order valence-corrected chi connectivity index (χ4v) is 1.96.